The molecule has 0 aliphatic rings. The molecule has 0 fully saturated rings. The molecule has 0 bridgehead atoms. The molecule has 0 spiro atoms. The van der Waals surface area contributed by atoms with Gasteiger partial charge in [-0.05, 0) is 45.0 Å². The first-order valence-electron chi connectivity index (χ1n) is 6.77. The quantitative estimate of drug-likeness (QED) is 0.804. The Bertz CT molecular complexity index is 337. The lowest BCUT2D eigenvalue weighted by molar-refractivity contribution is 0.304. The van der Waals surface area contributed by atoms with Gasteiger partial charge in [0, 0.05) is 25.3 Å². The lowest BCUT2D eigenvalue weighted by Gasteiger charge is -2.24. The average molecular weight is 249 g/mol. The van der Waals surface area contributed by atoms with Crippen LogP contribution in [0, 0.1) is 12.8 Å². The van der Waals surface area contributed by atoms with Crippen molar-refractivity contribution in [2.75, 3.05) is 20.6 Å². The molecule has 0 radical (unpaired) electrons. The van der Waals surface area contributed by atoms with Gasteiger partial charge in [-0.25, -0.2) is 0 Å². The van der Waals surface area contributed by atoms with Crippen LogP contribution in [0.4, 0.5) is 0 Å². The van der Waals surface area contributed by atoms with E-state index in [0.29, 0.717) is 12.0 Å². The van der Waals surface area contributed by atoms with Crippen molar-refractivity contribution < 1.29 is 0 Å². The second-order valence-electron chi connectivity index (χ2n) is 5.74. The summed E-state index contributed by atoms with van der Waals surface area (Å²) in [5.41, 5.74) is 2.42. The molecule has 1 aromatic rings. The van der Waals surface area contributed by atoms with Gasteiger partial charge in [-0.3, -0.25) is 4.98 Å². The molecular weight excluding hydrogens is 222 g/mol. The van der Waals surface area contributed by atoms with Crippen molar-refractivity contribution >= 4 is 0 Å². The van der Waals surface area contributed by atoms with Crippen molar-refractivity contribution in [3.05, 3.63) is 29.6 Å². The predicted octanol–water partition coefficient (Wildman–Crippen LogP) is 2.46. The van der Waals surface area contributed by atoms with Crippen molar-refractivity contribution in [1.82, 2.24) is 15.2 Å². The molecule has 0 amide bonds. The zero-order valence-electron chi connectivity index (χ0n) is 12.4. The average Bonchev–Trinajstić information content (AvgIpc) is 2.26. The minimum Gasteiger partial charge on any atom is -0.308 e. The van der Waals surface area contributed by atoms with Crippen LogP contribution in [0.25, 0.3) is 0 Å². The Morgan fingerprint density at radius 1 is 1.33 bits per heavy atom. The van der Waals surface area contributed by atoms with E-state index in [2.05, 4.69) is 56.1 Å². The molecule has 3 nitrogen and oxygen atoms in total. The van der Waals surface area contributed by atoms with Gasteiger partial charge in [0.15, 0.2) is 0 Å². The van der Waals surface area contributed by atoms with Crippen LogP contribution < -0.4 is 5.32 Å². The molecule has 0 aromatic carbocycles. The molecule has 1 N–H and O–H groups in total. The molecule has 0 saturated carbocycles. The summed E-state index contributed by atoms with van der Waals surface area (Å²) in [6.07, 6.45) is 3.07. The highest BCUT2D eigenvalue weighted by Crippen LogP contribution is 2.08. The first-order valence-corrected chi connectivity index (χ1v) is 6.77. The van der Waals surface area contributed by atoms with Gasteiger partial charge in [0.1, 0.15) is 0 Å². The number of aromatic nitrogens is 1. The van der Waals surface area contributed by atoms with E-state index in [9.17, 15) is 0 Å². The van der Waals surface area contributed by atoms with Crippen LogP contribution in [0.15, 0.2) is 18.3 Å². The normalized spacial score (nSPS) is 13.3. The molecule has 1 atom stereocenters. The van der Waals surface area contributed by atoms with Gasteiger partial charge in [-0.15, -0.1) is 0 Å². The molecule has 1 unspecified atom stereocenters. The second kappa shape index (κ2) is 7.49. The molecular formula is C15H27N3. The molecule has 0 saturated heterocycles. The van der Waals surface area contributed by atoms with Crippen LogP contribution in [0.1, 0.15) is 31.5 Å². The van der Waals surface area contributed by atoms with Crippen LogP contribution in [-0.4, -0.2) is 36.6 Å². The highest BCUT2D eigenvalue weighted by molar-refractivity contribution is 5.17. The van der Waals surface area contributed by atoms with E-state index in [0.717, 1.165) is 18.8 Å². The van der Waals surface area contributed by atoms with E-state index in [1.807, 2.05) is 12.3 Å². The van der Waals surface area contributed by atoms with Crippen LogP contribution in [0.2, 0.25) is 0 Å². The lowest BCUT2D eigenvalue weighted by atomic mass is 10.0. The Morgan fingerprint density at radius 3 is 2.61 bits per heavy atom. The summed E-state index contributed by atoms with van der Waals surface area (Å²) in [4.78, 5) is 6.67. The lowest BCUT2D eigenvalue weighted by Crippen LogP contribution is -2.39. The number of likely N-dealkylation sites (N-methyl/N-ethyl adjacent to an activating group) is 1. The van der Waals surface area contributed by atoms with Gasteiger partial charge >= 0.3 is 0 Å². The molecule has 1 aromatic heterocycles. The minimum absolute atomic E-state index is 0.529. The maximum absolute atomic E-state index is 4.43. The van der Waals surface area contributed by atoms with E-state index >= 15 is 0 Å². The number of nitrogens with one attached hydrogen (secondary N) is 1. The summed E-state index contributed by atoms with van der Waals surface area (Å²) < 4.78 is 0. The largest absolute Gasteiger partial charge is 0.308 e. The second-order valence-corrected chi connectivity index (χ2v) is 5.74. The van der Waals surface area contributed by atoms with Crippen molar-refractivity contribution in [3.8, 4) is 0 Å². The van der Waals surface area contributed by atoms with Crippen LogP contribution >= 0.6 is 0 Å². The number of hydrogen-bond donors (Lipinski definition) is 1. The molecule has 18 heavy (non-hydrogen) atoms. The fraction of sp³-hybridized carbons (Fsp3) is 0.667. The van der Waals surface area contributed by atoms with E-state index in [1.165, 1.54) is 12.0 Å². The summed E-state index contributed by atoms with van der Waals surface area (Å²) in [6.45, 7) is 8.60. The number of rotatable bonds is 7. The molecule has 0 aliphatic heterocycles. The molecule has 3 heteroatoms. The fourth-order valence-electron chi connectivity index (χ4n) is 2.18. The number of nitrogens with zero attached hydrogens (tertiary/aromatic N) is 2. The topological polar surface area (TPSA) is 28.2 Å². The Balaban J connectivity index is 2.53. The maximum atomic E-state index is 4.43. The van der Waals surface area contributed by atoms with Gasteiger partial charge in [-0.2, -0.15) is 0 Å². The Kier molecular flexibility index (Phi) is 6.30. The number of pyridine rings is 1. The van der Waals surface area contributed by atoms with Gasteiger partial charge < -0.3 is 10.2 Å². The number of aryl methyl sites for hydroxylation is 1. The maximum Gasteiger partial charge on any atom is 0.0570 e. The SMILES string of the molecule is Cc1cccnc1CNC(CC(C)C)CN(C)C. The van der Waals surface area contributed by atoms with Gasteiger partial charge in [0.05, 0.1) is 5.69 Å². The zero-order chi connectivity index (χ0) is 13.5. The molecule has 102 valence electrons. The van der Waals surface area contributed by atoms with Crippen molar-refractivity contribution in [1.29, 1.82) is 0 Å². The van der Waals surface area contributed by atoms with Crippen LogP contribution in [-0.2, 0) is 6.54 Å². The van der Waals surface area contributed by atoms with Crippen LogP contribution in [0.5, 0.6) is 0 Å². The summed E-state index contributed by atoms with van der Waals surface area (Å²) >= 11 is 0. The monoisotopic (exact) mass is 249 g/mol. The summed E-state index contributed by atoms with van der Waals surface area (Å²) in [5.74, 6) is 0.715. The van der Waals surface area contributed by atoms with Gasteiger partial charge in [0.25, 0.3) is 0 Å². The Morgan fingerprint density at radius 2 is 2.06 bits per heavy atom. The van der Waals surface area contributed by atoms with E-state index in [1.54, 1.807) is 0 Å². The van der Waals surface area contributed by atoms with E-state index in [4.69, 9.17) is 0 Å². The third-order valence-electron chi connectivity index (χ3n) is 3.02. The Labute approximate surface area is 112 Å². The zero-order valence-corrected chi connectivity index (χ0v) is 12.4. The first kappa shape index (κ1) is 15.1. The van der Waals surface area contributed by atoms with Gasteiger partial charge in [-0.1, -0.05) is 19.9 Å². The molecule has 1 heterocycles. The standard InChI is InChI=1S/C15H27N3/c1-12(2)9-14(11-18(4)5)17-10-15-13(3)7-6-8-16-15/h6-8,12,14,17H,9-11H2,1-5H3. The molecule has 1 rings (SSSR count). The summed E-state index contributed by atoms with van der Waals surface area (Å²) in [5, 5.41) is 3.64. The van der Waals surface area contributed by atoms with Crippen molar-refractivity contribution in [2.24, 2.45) is 5.92 Å². The van der Waals surface area contributed by atoms with Crippen molar-refractivity contribution in [2.45, 2.75) is 39.8 Å². The number of hydrogen-bond acceptors (Lipinski definition) is 3. The fourth-order valence-corrected chi connectivity index (χ4v) is 2.18. The summed E-state index contributed by atoms with van der Waals surface area (Å²) in [7, 11) is 4.25. The first-order chi connectivity index (χ1) is 8.49. The van der Waals surface area contributed by atoms with Crippen molar-refractivity contribution in [3.63, 3.8) is 0 Å². The third-order valence-corrected chi connectivity index (χ3v) is 3.02. The predicted molar refractivity (Wildman–Crippen MR) is 77.6 cm³/mol. The van der Waals surface area contributed by atoms with Crippen LogP contribution in [0.3, 0.4) is 0 Å². The summed E-state index contributed by atoms with van der Waals surface area (Å²) in [6, 6.07) is 4.64. The highest BCUT2D eigenvalue weighted by Gasteiger charge is 2.12. The smallest absolute Gasteiger partial charge is 0.0570 e. The third kappa shape index (κ3) is 5.61. The van der Waals surface area contributed by atoms with Gasteiger partial charge in [0.2, 0.25) is 0 Å². The van der Waals surface area contributed by atoms with E-state index < -0.39 is 0 Å². The van der Waals surface area contributed by atoms with E-state index in [-0.39, 0.29) is 0 Å². The minimum atomic E-state index is 0.529. The molecule has 0 aliphatic carbocycles. The highest BCUT2D eigenvalue weighted by atomic mass is 15.1. The Hall–Kier alpha value is -0.930.